The first-order chi connectivity index (χ1) is 13.8. The van der Waals surface area contributed by atoms with E-state index in [1.165, 1.54) is 0 Å². The average Bonchev–Trinajstić information content (AvgIpc) is 3.25. The SMILES string of the molecule is CC(=O)N1CCC[C@H]1c1nc2ccccc2n1CC(=O)N(CC(C)C)CC(C)C. The van der Waals surface area contributed by atoms with Crippen molar-refractivity contribution in [3.05, 3.63) is 30.1 Å². The molecular formula is C23H34N4O2. The molecule has 0 N–H and O–H groups in total. The van der Waals surface area contributed by atoms with Crippen molar-refractivity contribution in [2.24, 2.45) is 11.8 Å². The molecule has 1 aromatic carbocycles. The molecule has 29 heavy (non-hydrogen) atoms. The highest BCUT2D eigenvalue weighted by Gasteiger charge is 2.33. The Balaban J connectivity index is 1.97. The molecule has 0 bridgehead atoms. The Bertz CT molecular complexity index is 861. The number of nitrogens with zero attached hydrogens (tertiary/aromatic N) is 4. The zero-order valence-electron chi connectivity index (χ0n) is 18.4. The van der Waals surface area contributed by atoms with Crippen molar-refractivity contribution in [3.63, 3.8) is 0 Å². The Morgan fingerprint density at radius 3 is 2.41 bits per heavy atom. The fraction of sp³-hybridized carbons (Fsp3) is 0.609. The van der Waals surface area contributed by atoms with E-state index in [4.69, 9.17) is 4.98 Å². The summed E-state index contributed by atoms with van der Waals surface area (Å²) >= 11 is 0. The average molecular weight is 399 g/mol. The van der Waals surface area contributed by atoms with Gasteiger partial charge in [-0.1, -0.05) is 39.8 Å². The van der Waals surface area contributed by atoms with Crippen LogP contribution < -0.4 is 0 Å². The van der Waals surface area contributed by atoms with E-state index in [0.717, 1.165) is 49.3 Å². The summed E-state index contributed by atoms with van der Waals surface area (Å²) in [6, 6.07) is 7.88. The van der Waals surface area contributed by atoms with Crippen molar-refractivity contribution in [2.75, 3.05) is 19.6 Å². The lowest BCUT2D eigenvalue weighted by Crippen LogP contribution is -2.39. The van der Waals surface area contributed by atoms with Crippen LogP contribution in [0.5, 0.6) is 0 Å². The van der Waals surface area contributed by atoms with Crippen molar-refractivity contribution in [1.29, 1.82) is 0 Å². The van der Waals surface area contributed by atoms with Crippen molar-refractivity contribution >= 4 is 22.8 Å². The molecule has 2 heterocycles. The van der Waals surface area contributed by atoms with Gasteiger partial charge in [0, 0.05) is 26.6 Å². The van der Waals surface area contributed by atoms with Gasteiger partial charge in [-0.3, -0.25) is 9.59 Å². The fourth-order valence-electron chi connectivity index (χ4n) is 4.32. The smallest absolute Gasteiger partial charge is 0.242 e. The molecule has 0 spiro atoms. The number of amides is 2. The summed E-state index contributed by atoms with van der Waals surface area (Å²) in [5.74, 6) is 1.85. The van der Waals surface area contributed by atoms with E-state index in [1.807, 2.05) is 38.6 Å². The molecule has 0 saturated carbocycles. The Morgan fingerprint density at radius 2 is 1.79 bits per heavy atom. The van der Waals surface area contributed by atoms with Crippen LogP contribution in [0.4, 0.5) is 0 Å². The highest BCUT2D eigenvalue weighted by atomic mass is 16.2. The minimum Gasteiger partial charge on any atom is -0.341 e. The molecule has 0 aliphatic carbocycles. The quantitative estimate of drug-likeness (QED) is 0.712. The molecule has 2 amide bonds. The number of imidazole rings is 1. The molecule has 1 aliphatic heterocycles. The Morgan fingerprint density at radius 1 is 1.14 bits per heavy atom. The third-order valence-electron chi connectivity index (χ3n) is 5.46. The zero-order chi connectivity index (χ0) is 21.1. The number of hydrogen-bond donors (Lipinski definition) is 0. The monoisotopic (exact) mass is 398 g/mol. The Hall–Kier alpha value is -2.37. The van der Waals surface area contributed by atoms with Crippen LogP contribution in [-0.2, 0) is 16.1 Å². The third kappa shape index (κ3) is 4.80. The Labute approximate surface area is 173 Å². The van der Waals surface area contributed by atoms with Crippen LogP contribution in [0.25, 0.3) is 11.0 Å². The molecule has 0 radical (unpaired) electrons. The van der Waals surface area contributed by atoms with Gasteiger partial charge in [0.05, 0.1) is 17.1 Å². The van der Waals surface area contributed by atoms with Gasteiger partial charge in [0.2, 0.25) is 11.8 Å². The van der Waals surface area contributed by atoms with Gasteiger partial charge in [-0.05, 0) is 36.8 Å². The summed E-state index contributed by atoms with van der Waals surface area (Å²) in [6.45, 7) is 12.7. The van der Waals surface area contributed by atoms with Crippen LogP contribution in [0, 0.1) is 11.8 Å². The molecule has 1 fully saturated rings. The third-order valence-corrected chi connectivity index (χ3v) is 5.46. The molecule has 6 heteroatoms. The molecule has 6 nitrogen and oxygen atoms in total. The number of carbonyl (C=O) groups is 2. The van der Waals surface area contributed by atoms with Gasteiger partial charge in [0.15, 0.2) is 0 Å². The standard InChI is InChI=1S/C23H34N4O2/c1-16(2)13-25(14-17(3)4)22(29)15-27-20-10-7-6-9-19(20)24-23(27)21-11-8-12-26(21)18(5)28/h6-7,9-10,16-17,21H,8,11-15H2,1-5H3/t21-/m0/s1. The van der Waals surface area contributed by atoms with Gasteiger partial charge in [-0.15, -0.1) is 0 Å². The van der Waals surface area contributed by atoms with Crippen LogP contribution in [0.3, 0.4) is 0 Å². The number of benzene rings is 1. The van der Waals surface area contributed by atoms with Crippen LogP contribution in [0.1, 0.15) is 59.3 Å². The highest BCUT2D eigenvalue weighted by molar-refractivity contribution is 5.81. The van der Waals surface area contributed by atoms with E-state index in [1.54, 1.807) is 6.92 Å². The van der Waals surface area contributed by atoms with E-state index < -0.39 is 0 Å². The Kier molecular flexibility index (Phi) is 6.60. The van der Waals surface area contributed by atoms with Gasteiger partial charge in [0.25, 0.3) is 0 Å². The highest BCUT2D eigenvalue weighted by Crippen LogP contribution is 2.33. The van der Waals surface area contributed by atoms with E-state index in [2.05, 4.69) is 27.7 Å². The second-order valence-electron chi connectivity index (χ2n) is 9.00. The number of aromatic nitrogens is 2. The predicted molar refractivity (Wildman–Crippen MR) is 115 cm³/mol. The van der Waals surface area contributed by atoms with E-state index in [-0.39, 0.29) is 24.4 Å². The lowest BCUT2D eigenvalue weighted by Gasteiger charge is -2.28. The molecule has 1 aromatic heterocycles. The van der Waals surface area contributed by atoms with Gasteiger partial charge >= 0.3 is 0 Å². The molecule has 1 saturated heterocycles. The number of para-hydroxylation sites is 2. The lowest BCUT2D eigenvalue weighted by molar-refractivity contribution is -0.132. The molecular weight excluding hydrogens is 364 g/mol. The van der Waals surface area contributed by atoms with Gasteiger partial charge < -0.3 is 14.4 Å². The summed E-state index contributed by atoms with van der Waals surface area (Å²) in [5.41, 5.74) is 1.84. The first-order valence-electron chi connectivity index (χ1n) is 10.8. The normalized spacial score (nSPS) is 16.9. The van der Waals surface area contributed by atoms with Crippen LogP contribution in [0.15, 0.2) is 24.3 Å². The summed E-state index contributed by atoms with van der Waals surface area (Å²) in [7, 11) is 0. The van der Waals surface area contributed by atoms with Gasteiger partial charge in [-0.25, -0.2) is 4.98 Å². The molecule has 0 unspecified atom stereocenters. The van der Waals surface area contributed by atoms with Crippen LogP contribution in [-0.4, -0.2) is 50.8 Å². The first-order valence-corrected chi connectivity index (χ1v) is 10.8. The molecule has 1 atom stereocenters. The van der Waals surface area contributed by atoms with E-state index in [9.17, 15) is 9.59 Å². The summed E-state index contributed by atoms with van der Waals surface area (Å²) < 4.78 is 2.04. The van der Waals surface area contributed by atoms with Crippen molar-refractivity contribution in [3.8, 4) is 0 Å². The maximum absolute atomic E-state index is 13.3. The maximum Gasteiger partial charge on any atom is 0.242 e. The topological polar surface area (TPSA) is 58.4 Å². The van der Waals surface area contributed by atoms with Crippen LogP contribution in [0.2, 0.25) is 0 Å². The molecule has 1 aliphatic rings. The molecule has 3 rings (SSSR count). The van der Waals surface area contributed by atoms with E-state index >= 15 is 0 Å². The lowest BCUT2D eigenvalue weighted by atomic mass is 10.1. The number of rotatable bonds is 7. The summed E-state index contributed by atoms with van der Waals surface area (Å²) in [6.07, 6.45) is 1.85. The van der Waals surface area contributed by atoms with Gasteiger partial charge in [-0.2, -0.15) is 0 Å². The van der Waals surface area contributed by atoms with Gasteiger partial charge in [0.1, 0.15) is 12.4 Å². The molecule has 158 valence electrons. The fourth-order valence-corrected chi connectivity index (χ4v) is 4.32. The predicted octanol–water partition coefficient (Wildman–Crippen LogP) is 3.86. The van der Waals surface area contributed by atoms with Crippen molar-refractivity contribution in [1.82, 2.24) is 19.4 Å². The summed E-state index contributed by atoms with van der Waals surface area (Å²) in [5, 5.41) is 0. The number of fused-ring (bicyclic) bond motifs is 1. The van der Waals surface area contributed by atoms with Crippen LogP contribution >= 0.6 is 0 Å². The van der Waals surface area contributed by atoms with Crippen molar-refractivity contribution in [2.45, 2.75) is 60.0 Å². The van der Waals surface area contributed by atoms with E-state index in [0.29, 0.717) is 11.8 Å². The number of hydrogen-bond acceptors (Lipinski definition) is 3. The largest absolute Gasteiger partial charge is 0.341 e. The minimum absolute atomic E-state index is 0.0589. The first kappa shape index (κ1) is 21.3. The second kappa shape index (κ2) is 8.97. The van der Waals surface area contributed by atoms with Crippen molar-refractivity contribution < 1.29 is 9.59 Å². The zero-order valence-corrected chi connectivity index (χ0v) is 18.4. The maximum atomic E-state index is 13.3. The minimum atomic E-state index is -0.0589. The number of carbonyl (C=O) groups excluding carboxylic acids is 2. The number of likely N-dealkylation sites (tertiary alicyclic amines) is 1. The summed E-state index contributed by atoms with van der Waals surface area (Å²) in [4.78, 5) is 34.2. The molecule has 2 aromatic rings. The second-order valence-corrected chi connectivity index (χ2v) is 9.00.